The summed E-state index contributed by atoms with van der Waals surface area (Å²) in [7, 11) is 0. The van der Waals surface area contributed by atoms with Crippen molar-refractivity contribution in [1.29, 1.82) is 0 Å². The summed E-state index contributed by atoms with van der Waals surface area (Å²) in [5.74, 6) is -0.0455. The van der Waals surface area contributed by atoms with Gasteiger partial charge >= 0.3 is 0 Å². The minimum atomic E-state index is -0.495. The minimum Gasteiger partial charge on any atom is -0.370 e. The molecular weight excluding hydrogens is 336 g/mol. The maximum atomic E-state index is 10.6. The molecule has 23 heavy (non-hydrogen) atoms. The van der Waals surface area contributed by atoms with Crippen LogP contribution in [0.4, 0.5) is 10.8 Å². The average Bonchev–Trinajstić information content (AvgIpc) is 2.94. The largest absolute Gasteiger partial charge is 0.370 e. The Morgan fingerprint density at radius 2 is 2.30 bits per heavy atom. The normalized spacial score (nSPS) is 11.1. The highest BCUT2D eigenvalue weighted by molar-refractivity contribution is 8.02. The SMILES string of the molecule is CSC(=C[N+](=O)[O-])Nc1cccc(-c2csc(N=C(N)N)n2)c1. The number of guanidine groups is 1. The summed E-state index contributed by atoms with van der Waals surface area (Å²) in [6.07, 6.45) is 2.69. The van der Waals surface area contributed by atoms with Gasteiger partial charge in [-0.15, -0.1) is 23.1 Å². The molecule has 0 fully saturated rings. The topological polar surface area (TPSA) is 132 Å². The van der Waals surface area contributed by atoms with Gasteiger partial charge in [0, 0.05) is 16.6 Å². The van der Waals surface area contributed by atoms with Gasteiger partial charge in [0.15, 0.2) is 5.96 Å². The fourth-order valence-corrected chi connectivity index (χ4v) is 2.82. The van der Waals surface area contributed by atoms with Gasteiger partial charge in [-0.3, -0.25) is 10.1 Å². The van der Waals surface area contributed by atoms with Crippen molar-refractivity contribution in [3.8, 4) is 11.3 Å². The number of aliphatic imine (C=N–C) groups is 1. The molecule has 0 radical (unpaired) electrons. The Morgan fingerprint density at radius 1 is 1.52 bits per heavy atom. The number of nitrogens with two attached hydrogens (primary N) is 2. The number of thioether (sulfide) groups is 1. The molecule has 5 N–H and O–H groups in total. The molecule has 0 amide bonds. The molecule has 1 heterocycles. The first kappa shape index (κ1) is 16.8. The maximum Gasteiger partial charge on any atom is 0.264 e. The van der Waals surface area contributed by atoms with E-state index in [0.717, 1.165) is 23.1 Å². The van der Waals surface area contributed by atoms with Crippen molar-refractivity contribution in [2.45, 2.75) is 0 Å². The zero-order chi connectivity index (χ0) is 16.8. The molecule has 0 aliphatic heterocycles. The van der Waals surface area contributed by atoms with Crippen LogP contribution in [-0.4, -0.2) is 22.1 Å². The highest BCUT2D eigenvalue weighted by Crippen LogP contribution is 2.29. The van der Waals surface area contributed by atoms with E-state index in [4.69, 9.17) is 11.5 Å². The van der Waals surface area contributed by atoms with E-state index in [1.165, 1.54) is 23.1 Å². The van der Waals surface area contributed by atoms with Gasteiger partial charge in [0.1, 0.15) is 5.03 Å². The average molecular weight is 350 g/mol. The van der Waals surface area contributed by atoms with Gasteiger partial charge in [-0.05, 0) is 18.4 Å². The zero-order valence-electron chi connectivity index (χ0n) is 12.1. The van der Waals surface area contributed by atoms with Crippen molar-refractivity contribution < 1.29 is 4.92 Å². The molecule has 0 unspecified atom stereocenters. The van der Waals surface area contributed by atoms with Crippen molar-refractivity contribution in [3.05, 3.63) is 51.0 Å². The van der Waals surface area contributed by atoms with Crippen LogP contribution in [-0.2, 0) is 0 Å². The van der Waals surface area contributed by atoms with Gasteiger partial charge in [0.25, 0.3) is 6.20 Å². The molecule has 1 aromatic heterocycles. The fourth-order valence-electron chi connectivity index (χ4n) is 1.69. The van der Waals surface area contributed by atoms with Gasteiger partial charge in [0.2, 0.25) is 5.13 Å². The third kappa shape index (κ3) is 4.97. The third-order valence-electron chi connectivity index (χ3n) is 2.59. The Kier molecular flexibility index (Phi) is 5.55. The Bertz CT molecular complexity index is 767. The molecule has 0 saturated carbocycles. The first-order chi connectivity index (χ1) is 11.0. The second-order valence-corrected chi connectivity index (χ2v) is 5.93. The summed E-state index contributed by atoms with van der Waals surface area (Å²) >= 11 is 2.58. The van der Waals surface area contributed by atoms with E-state index in [0.29, 0.717) is 10.2 Å². The maximum absolute atomic E-state index is 10.6. The first-order valence-corrected chi connectivity index (χ1v) is 8.40. The predicted octanol–water partition coefficient (Wildman–Crippen LogP) is 2.57. The van der Waals surface area contributed by atoms with Gasteiger partial charge in [-0.25, -0.2) is 4.98 Å². The quantitative estimate of drug-likeness (QED) is 0.315. The number of thiazole rings is 1. The summed E-state index contributed by atoms with van der Waals surface area (Å²) in [6, 6.07) is 7.38. The molecule has 10 heteroatoms. The molecule has 0 atom stereocenters. The van der Waals surface area contributed by atoms with Gasteiger partial charge in [-0.1, -0.05) is 12.1 Å². The molecule has 0 bridgehead atoms. The number of hydrogen-bond acceptors (Lipinski definition) is 7. The van der Waals surface area contributed by atoms with Crippen molar-refractivity contribution in [2.75, 3.05) is 11.6 Å². The molecule has 2 aromatic rings. The van der Waals surface area contributed by atoms with E-state index in [1.807, 2.05) is 29.6 Å². The van der Waals surface area contributed by atoms with E-state index < -0.39 is 4.92 Å². The predicted molar refractivity (Wildman–Crippen MR) is 95.2 cm³/mol. The van der Waals surface area contributed by atoms with Gasteiger partial charge in [-0.2, -0.15) is 4.99 Å². The van der Waals surface area contributed by atoms with E-state index in [-0.39, 0.29) is 5.96 Å². The number of aromatic nitrogens is 1. The Balaban J connectivity index is 2.24. The van der Waals surface area contributed by atoms with E-state index in [1.54, 1.807) is 6.26 Å². The lowest BCUT2D eigenvalue weighted by molar-refractivity contribution is -0.402. The number of nitrogens with one attached hydrogen (secondary N) is 1. The Labute approximate surface area is 140 Å². The van der Waals surface area contributed by atoms with Crippen LogP contribution in [0.1, 0.15) is 0 Å². The third-order valence-corrected chi connectivity index (χ3v) is 3.97. The van der Waals surface area contributed by atoms with Crippen molar-refractivity contribution >= 4 is 39.9 Å². The summed E-state index contributed by atoms with van der Waals surface area (Å²) in [4.78, 5) is 18.3. The van der Waals surface area contributed by atoms with Crippen molar-refractivity contribution in [2.24, 2.45) is 16.5 Å². The molecule has 1 aromatic carbocycles. The zero-order valence-corrected chi connectivity index (χ0v) is 13.7. The molecule has 2 rings (SSSR count). The standard InChI is InChI=1S/C13H14N6O2S2/c1-22-11(6-19(20)21)16-9-4-2-3-8(5-9)10-7-23-13(17-10)18-12(14)15/h2-7,16H,1H3,(H4,14,15,17,18). The monoisotopic (exact) mass is 350 g/mol. The van der Waals surface area contributed by atoms with E-state index >= 15 is 0 Å². The highest BCUT2D eigenvalue weighted by atomic mass is 32.2. The second kappa shape index (κ2) is 7.61. The number of benzene rings is 1. The summed E-state index contributed by atoms with van der Waals surface area (Å²) in [5.41, 5.74) is 13.0. The molecular formula is C13H14N6O2S2. The summed E-state index contributed by atoms with van der Waals surface area (Å²) in [5, 5.41) is 16.3. The molecule has 8 nitrogen and oxygen atoms in total. The minimum absolute atomic E-state index is 0.0455. The lowest BCUT2D eigenvalue weighted by Crippen LogP contribution is -2.21. The van der Waals surface area contributed by atoms with Crippen LogP contribution in [0.25, 0.3) is 11.3 Å². The smallest absolute Gasteiger partial charge is 0.264 e. The summed E-state index contributed by atoms with van der Waals surface area (Å²) in [6.45, 7) is 0. The number of nitrogens with zero attached hydrogens (tertiary/aromatic N) is 3. The molecule has 120 valence electrons. The number of hydrogen-bond donors (Lipinski definition) is 3. The van der Waals surface area contributed by atoms with Crippen molar-refractivity contribution in [1.82, 2.24) is 4.98 Å². The van der Waals surface area contributed by atoms with E-state index in [9.17, 15) is 10.1 Å². The lowest BCUT2D eigenvalue weighted by Gasteiger charge is -2.07. The van der Waals surface area contributed by atoms with Crippen LogP contribution in [0.15, 0.2) is 45.9 Å². The Morgan fingerprint density at radius 3 is 2.96 bits per heavy atom. The van der Waals surface area contributed by atoms with Crippen LogP contribution in [0, 0.1) is 10.1 Å². The fraction of sp³-hybridized carbons (Fsp3) is 0.0769. The molecule has 0 saturated heterocycles. The second-order valence-electron chi connectivity index (χ2n) is 4.24. The van der Waals surface area contributed by atoms with Crippen LogP contribution in [0.5, 0.6) is 0 Å². The van der Waals surface area contributed by atoms with E-state index in [2.05, 4.69) is 15.3 Å². The first-order valence-electron chi connectivity index (χ1n) is 6.30. The number of anilines is 1. The Hall–Kier alpha value is -2.59. The van der Waals surface area contributed by atoms with Crippen molar-refractivity contribution in [3.63, 3.8) is 0 Å². The molecule has 0 spiro atoms. The van der Waals surface area contributed by atoms with Gasteiger partial charge in [0.05, 0.1) is 10.6 Å². The molecule has 0 aliphatic carbocycles. The summed E-state index contributed by atoms with van der Waals surface area (Å²) < 4.78 is 0. The van der Waals surface area contributed by atoms with Crippen LogP contribution >= 0.6 is 23.1 Å². The lowest BCUT2D eigenvalue weighted by atomic mass is 10.1. The van der Waals surface area contributed by atoms with Crippen LogP contribution < -0.4 is 16.8 Å². The number of rotatable bonds is 6. The van der Waals surface area contributed by atoms with Crippen LogP contribution in [0.2, 0.25) is 0 Å². The van der Waals surface area contributed by atoms with Gasteiger partial charge < -0.3 is 16.8 Å². The number of nitro groups is 1. The highest BCUT2D eigenvalue weighted by Gasteiger charge is 2.07. The molecule has 0 aliphatic rings. The van der Waals surface area contributed by atoms with Crippen LogP contribution in [0.3, 0.4) is 0 Å².